The molecule has 4 nitrogen and oxygen atoms in total. The number of likely N-dealkylation sites (N-methyl/N-ethyl adjacent to an activating group) is 1. The molecule has 0 bridgehead atoms. The number of hydrogen-bond donors (Lipinski definition) is 1. The van der Waals surface area contributed by atoms with Crippen molar-refractivity contribution in [1.29, 1.82) is 0 Å². The maximum atomic E-state index is 9.81. The number of fused-ring (bicyclic) bond motifs is 1. The van der Waals surface area contributed by atoms with Crippen molar-refractivity contribution in [3.05, 3.63) is 35.8 Å². The number of nitrogens with zero attached hydrogens (tertiary/aromatic N) is 3. The molecule has 0 saturated carbocycles. The van der Waals surface area contributed by atoms with E-state index in [1.165, 1.54) is 0 Å². The van der Waals surface area contributed by atoms with Crippen LogP contribution in [0.5, 0.6) is 0 Å². The standard InChI is InChI=1S/C15H21N3O/c1-11-12-7-5-6-8-13(12)17-14(16-11)9-18(4)10-15(2,3)19/h5-8,19H,9-10H2,1-4H3. The molecular formula is C15H21N3O. The Morgan fingerprint density at radius 2 is 1.89 bits per heavy atom. The van der Waals surface area contributed by atoms with Crippen LogP contribution in [0.3, 0.4) is 0 Å². The molecule has 1 heterocycles. The molecule has 102 valence electrons. The van der Waals surface area contributed by atoms with Gasteiger partial charge in [-0.2, -0.15) is 0 Å². The molecule has 0 atom stereocenters. The van der Waals surface area contributed by atoms with Gasteiger partial charge in [-0.15, -0.1) is 0 Å². The molecule has 0 spiro atoms. The van der Waals surface area contributed by atoms with Crippen LogP contribution in [0.15, 0.2) is 24.3 Å². The highest BCUT2D eigenvalue weighted by atomic mass is 16.3. The van der Waals surface area contributed by atoms with Crippen molar-refractivity contribution in [2.24, 2.45) is 0 Å². The van der Waals surface area contributed by atoms with Crippen LogP contribution in [0.4, 0.5) is 0 Å². The van der Waals surface area contributed by atoms with Gasteiger partial charge in [0.15, 0.2) is 0 Å². The number of para-hydroxylation sites is 1. The van der Waals surface area contributed by atoms with E-state index in [0.29, 0.717) is 13.1 Å². The van der Waals surface area contributed by atoms with E-state index in [-0.39, 0.29) is 0 Å². The normalized spacial score (nSPS) is 12.3. The molecular weight excluding hydrogens is 238 g/mol. The third-order valence-electron chi connectivity index (χ3n) is 2.91. The van der Waals surface area contributed by atoms with Crippen LogP contribution in [0, 0.1) is 6.92 Å². The molecule has 0 radical (unpaired) electrons. The molecule has 0 aliphatic carbocycles. The number of rotatable bonds is 4. The number of aryl methyl sites for hydroxylation is 1. The van der Waals surface area contributed by atoms with Gasteiger partial charge < -0.3 is 5.11 Å². The summed E-state index contributed by atoms with van der Waals surface area (Å²) in [6.07, 6.45) is 0. The van der Waals surface area contributed by atoms with Crippen molar-refractivity contribution in [3.8, 4) is 0 Å². The van der Waals surface area contributed by atoms with Crippen molar-refractivity contribution in [2.45, 2.75) is 32.9 Å². The van der Waals surface area contributed by atoms with E-state index in [2.05, 4.69) is 9.97 Å². The molecule has 2 rings (SSSR count). The fourth-order valence-corrected chi connectivity index (χ4v) is 2.32. The lowest BCUT2D eigenvalue weighted by molar-refractivity contribution is 0.0418. The van der Waals surface area contributed by atoms with Crippen LogP contribution in [0.1, 0.15) is 25.4 Å². The Balaban J connectivity index is 2.22. The average molecular weight is 259 g/mol. The van der Waals surface area contributed by atoms with Crippen molar-refractivity contribution in [1.82, 2.24) is 14.9 Å². The summed E-state index contributed by atoms with van der Waals surface area (Å²) in [5.74, 6) is 0.794. The molecule has 1 aromatic heterocycles. The molecule has 0 aliphatic heterocycles. The van der Waals surface area contributed by atoms with Crippen molar-refractivity contribution in [2.75, 3.05) is 13.6 Å². The molecule has 0 amide bonds. The van der Waals surface area contributed by atoms with Gasteiger partial charge in [-0.1, -0.05) is 18.2 Å². The van der Waals surface area contributed by atoms with E-state index in [9.17, 15) is 5.11 Å². The maximum Gasteiger partial charge on any atom is 0.143 e. The maximum absolute atomic E-state index is 9.81. The smallest absolute Gasteiger partial charge is 0.143 e. The lowest BCUT2D eigenvalue weighted by atomic mass is 10.1. The lowest BCUT2D eigenvalue weighted by Crippen LogP contribution is -2.36. The topological polar surface area (TPSA) is 49.2 Å². The second-order valence-electron chi connectivity index (χ2n) is 5.73. The number of benzene rings is 1. The molecule has 0 unspecified atom stereocenters. The van der Waals surface area contributed by atoms with Gasteiger partial charge in [0.25, 0.3) is 0 Å². The minimum absolute atomic E-state index is 0.586. The fourth-order valence-electron chi connectivity index (χ4n) is 2.32. The minimum atomic E-state index is -0.708. The highest BCUT2D eigenvalue weighted by Crippen LogP contribution is 2.15. The second-order valence-corrected chi connectivity index (χ2v) is 5.73. The zero-order chi connectivity index (χ0) is 14.0. The molecule has 0 saturated heterocycles. The largest absolute Gasteiger partial charge is 0.389 e. The van der Waals surface area contributed by atoms with Crippen molar-refractivity contribution in [3.63, 3.8) is 0 Å². The van der Waals surface area contributed by atoms with E-state index in [0.717, 1.165) is 22.4 Å². The summed E-state index contributed by atoms with van der Waals surface area (Å²) < 4.78 is 0. The Morgan fingerprint density at radius 1 is 1.21 bits per heavy atom. The van der Waals surface area contributed by atoms with Gasteiger partial charge in [0.2, 0.25) is 0 Å². The van der Waals surface area contributed by atoms with Gasteiger partial charge in [0.1, 0.15) is 5.82 Å². The van der Waals surface area contributed by atoms with Crippen LogP contribution in [0.2, 0.25) is 0 Å². The molecule has 4 heteroatoms. The minimum Gasteiger partial charge on any atom is -0.389 e. The molecule has 0 fully saturated rings. The first-order chi connectivity index (χ1) is 8.85. The Hall–Kier alpha value is -1.52. The Morgan fingerprint density at radius 3 is 2.58 bits per heavy atom. The molecule has 1 aromatic carbocycles. The molecule has 0 aliphatic rings. The summed E-state index contributed by atoms with van der Waals surface area (Å²) >= 11 is 0. The summed E-state index contributed by atoms with van der Waals surface area (Å²) in [6.45, 7) is 6.83. The van der Waals surface area contributed by atoms with Crippen LogP contribution in [-0.4, -0.2) is 39.2 Å². The summed E-state index contributed by atoms with van der Waals surface area (Å²) in [6, 6.07) is 8.02. The highest BCUT2D eigenvalue weighted by Gasteiger charge is 2.16. The highest BCUT2D eigenvalue weighted by molar-refractivity contribution is 5.80. The fraction of sp³-hybridized carbons (Fsp3) is 0.467. The third-order valence-corrected chi connectivity index (χ3v) is 2.91. The Kier molecular flexibility index (Phi) is 3.83. The predicted octanol–water partition coefficient (Wildman–Crippen LogP) is 2.14. The number of aliphatic hydroxyl groups is 1. The molecule has 2 aromatic rings. The van der Waals surface area contributed by atoms with E-state index in [1.807, 2.05) is 43.1 Å². The summed E-state index contributed by atoms with van der Waals surface area (Å²) in [5.41, 5.74) is 1.26. The van der Waals surface area contributed by atoms with Gasteiger partial charge in [0, 0.05) is 17.6 Å². The monoisotopic (exact) mass is 259 g/mol. The van der Waals surface area contributed by atoms with Crippen LogP contribution >= 0.6 is 0 Å². The number of aromatic nitrogens is 2. The van der Waals surface area contributed by atoms with Crippen LogP contribution in [-0.2, 0) is 6.54 Å². The Bertz CT molecular complexity index is 575. The van der Waals surface area contributed by atoms with E-state index in [4.69, 9.17) is 0 Å². The first kappa shape index (κ1) is 13.9. The Labute approximate surface area is 114 Å². The molecule has 19 heavy (non-hydrogen) atoms. The van der Waals surface area contributed by atoms with Crippen LogP contribution < -0.4 is 0 Å². The van der Waals surface area contributed by atoms with E-state index >= 15 is 0 Å². The van der Waals surface area contributed by atoms with E-state index in [1.54, 1.807) is 13.8 Å². The predicted molar refractivity (Wildman–Crippen MR) is 76.9 cm³/mol. The lowest BCUT2D eigenvalue weighted by Gasteiger charge is -2.24. The zero-order valence-corrected chi connectivity index (χ0v) is 12.0. The third kappa shape index (κ3) is 3.72. The summed E-state index contributed by atoms with van der Waals surface area (Å²) in [4.78, 5) is 11.1. The summed E-state index contributed by atoms with van der Waals surface area (Å²) in [7, 11) is 1.96. The van der Waals surface area contributed by atoms with Crippen LogP contribution in [0.25, 0.3) is 10.9 Å². The number of hydrogen-bond acceptors (Lipinski definition) is 4. The van der Waals surface area contributed by atoms with Gasteiger partial charge >= 0.3 is 0 Å². The quantitative estimate of drug-likeness (QED) is 0.914. The van der Waals surface area contributed by atoms with Crippen molar-refractivity contribution >= 4 is 10.9 Å². The van der Waals surface area contributed by atoms with Gasteiger partial charge in [-0.3, -0.25) is 4.90 Å². The zero-order valence-electron chi connectivity index (χ0n) is 12.0. The summed E-state index contributed by atoms with van der Waals surface area (Å²) in [5, 5.41) is 10.9. The second kappa shape index (κ2) is 5.23. The SMILES string of the molecule is Cc1nc(CN(C)CC(C)(C)O)nc2ccccc12. The first-order valence-electron chi connectivity index (χ1n) is 6.48. The van der Waals surface area contributed by atoms with Crippen molar-refractivity contribution < 1.29 is 5.11 Å². The molecule has 1 N–H and O–H groups in total. The average Bonchev–Trinajstić information content (AvgIpc) is 2.26. The van der Waals surface area contributed by atoms with E-state index < -0.39 is 5.60 Å². The van der Waals surface area contributed by atoms with Gasteiger partial charge in [-0.25, -0.2) is 9.97 Å². The van der Waals surface area contributed by atoms with Gasteiger partial charge in [0.05, 0.1) is 17.7 Å². The first-order valence-corrected chi connectivity index (χ1v) is 6.48. The van der Waals surface area contributed by atoms with Gasteiger partial charge in [-0.05, 0) is 33.9 Å².